The van der Waals surface area contributed by atoms with E-state index in [1.807, 2.05) is 0 Å². The zero-order valence-corrected chi connectivity index (χ0v) is 5.81. The van der Waals surface area contributed by atoms with Gasteiger partial charge in [0, 0.05) is 12.4 Å². The van der Waals surface area contributed by atoms with E-state index in [1.165, 1.54) is 0 Å². The van der Waals surface area contributed by atoms with E-state index in [0.29, 0.717) is 12.4 Å². The number of nitrogens with two attached hydrogens (primary N) is 1. The van der Waals surface area contributed by atoms with Crippen molar-refractivity contribution >= 4 is 5.65 Å². The summed E-state index contributed by atoms with van der Waals surface area (Å²) in [5.41, 5.74) is 6.08. The van der Waals surface area contributed by atoms with E-state index < -0.39 is 0 Å². The van der Waals surface area contributed by atoms with Gasteiger partial charge in [-0.15, -0.1) is 5.10 Å². The van der Waals surface area contributed by atoms with Crippen LogP contribution in [0.3, 0.4) is 0 Å². The quantitative estimate of drug-likeness (QED) is 0.598. The molecule has 0 amide bonds. The van der Waals surface area contributed by atoms with E-state index in [2.05, 4.69) is 15.1 Å². The van der Waals surface area contributed by atoms with Gasteiger partial charge in [-0.2, -0.15) is 0 Å². The minimum Gasteiger partial charge on any atom is -0.324 e. The molecule has 2 N–H and O–H groups in total. The fraction of sp³-hybridized carbons (Fsp3) is 0.167. The largest absolute Gasteiger partial charge is 0.324 e. The smallest absolute Gasteiger partial charge is 0.173 e. The lowest BCUT2D eigenvalue weighted by molar-refractivity contribution is 0.865. The molecule has 0 aliphatic heterocycles. The molecule has 2 rings (SSSR count). The van der Waals surface area contributed by atoms with E-state index in [1.54, 1.807) is 23.1 Å². The molecule has 0 aromatic carbocycles. The first-order valence-corrected chi connectivity index (χ1v) is 3.25. The topological polar surface area (TPSA) is 69.1 Å². The fourth-order valence-corrected chi connectivity index (χ4v) is 0.877. The maximum atomic E-state index is 5.35. The summed E-state index contributed by atoms with van der Waals surface area (Å²) < 4.78 is 1.65. The first-order valence-electron chi connectivity index (χ1n) is 3.25. The van der Waals surface area contributed by atoms with Crippen LogP contribution in [0.15, 0.2) is 18.6 Å². The summed E-state index contributed by atoms with van der Waals surface area (Å²) in [5, 5.41) is 4.07. The molecule has 0 unspecified atom stereocenters. The molecule has 11 heavy (non-hydrogen) atoms. The fourth-order valence-electron chi connectivity index (χ4n) is 0.877. The van der Waals surface area contributed by atoms with Crippen molar-refractivity contribution in [1.29, 1.82) is 0 Å². The van der Waals surface area contributed by atoms with Crippen LogP contribution in [-0.4, -0.2) is 19.6 Å². The Kier molecular flexibility index (Phi) is 1.29. The van der Waals surface area contributed by atoms with Crippen LogP contribution >= 0.6 is 0 Å². The molecular weight excluding hydrogens is 142 g/mol. The average Bonchev–Trinajstić information content (AvgIpc) is 2.46. The van der Waals surface area contributed by atoms with Gasteiger partial charge in [0.25, 0.3) is 0 Å². The third kappa shape index (κ3) is 0.947. The van der Waals surface area contributed by atoms with E-state index in [4.69, 9.17) is 5.73 Å². The molecule has 0 aliphatic carbocycles. The highest BCUT2D eigenvalue weighted by molar-refractivity contribution is 5.32. The lowest BCUT2D eigenvalue weighted by Crippen LogP contribution is -1.98. The molecule has 0 atom stereocenters. The van der Waals surface area contributed by atoms with Gasteiger partial charge in [0.1, 0.15) is 0 Å². The third-order valence-corrected chi connectivity index (χ3v) is 1.37. The third-order valence-electron chi connectivity index (χ3n) is 1.37. The molecule has 0 saturated carbocycles. The lowest BCUT2D eigenvalue weighted by Gasteiger charge is -1.84. The van der Waals surface area contributed by atoms with Crippen LogP contribution in [0.4, 0.5) is 0 Å². The average molecular weight is 149 g/mol. The van der Waals surface area contributed by atoms with Gasteiger partial charge in [-0.05, 0) is 0 Å². The van der Waals surface area contributed by atoms with Gasteiger partial charge >= 0.3 is 0 Å². The minimum atomic E-state index is 0.363. The summed E-state index contributed by atoms with van der Waals surface area (Å²) in [6.45, 7) is 0.363. The molecule has 2 aromatic rings. The van der Waals surface area contributed by atoms with Gasteiger partial charge < -0.3 is 5.73 Å². The highest BCUT2D eigenvalue weighted by atomic mass is 15.3. The van der Waals surface area contributed by atoms with Crippen LogP contribution in [-0.2, 0) is 6.54 Å². The number of nitrogens with zero attached hydrogens (tertiary/aromatic N) is 4. The van der Waals surface area contributed by atoms with Crippen molar-refractivity contribution in [3.63, 3.8) is 0 Å². The molecule has 2 heterocycles. The molecule has 0 saturated heterocycles. The van der Waals surface area contributed by atoms with Crippen LogP contribution in [0.1, 0.15) is 5.82 Å². The van der Waals surface area contributed by atoms with Crippen LogP contribution in [0.25, 0.3) is 5.65 Å². The van der Waals surface area contributed by atoms with E-state index in [9.17, 15) is 0 Å². The van der Waals surface area contributed by atoms with Crippen LogP contribution < -0.4 is 5.73 Å². The molecule has 0 fully saturated rings. The molecule has 2 aromatic heterocycles. The number of rotatable bonds is 1. The monoisotopic (exact) mass is 149 g/mol. The Morgan fingerprint density at radius 2 is 2.45 bits per heavy atom. The second-order valence-electron chi connectivity index (χ2n) is 2.11. The van der Waals surface area contributed by atoms with Crippen molar-refractivity contribution in [2.24, 2.45) is 5.73 Å². The molecule has 56 valence electrons. The Balaban J connectivity index is 2.69. The molecule has 5 nitrogen and oxygen atoms in total. The second-order valence-corrected chi connectivity index (χ2v) is 2.11. The predicted octanol–water partition coefficient (Wildman–Crippen LogP) is -0.417. The van der Waals surface area contributed by atoms with Gasteiger partial charge in [-0.1, -0.05) is 0 Å². The molecule has 5 heteroatoms. The number of aromatic nitrogens is 4. The zero-order chi connectivity index (χ0) is 7.68. The minimum absolute atomic E-state index is 0.363. The highest BCUT2D eigenvalue weighted by Crippen LogP contribution is 1.96. The molecule has 0 spiro atoms. The Morgan fingerprint density at radius 3 is 3.18 bits per heavy atom. The van der Waals surface area contributed by atoms with Crippen LogP contribution in [0.5, 0.6) is 0 Å². The van der Waals surface area contributed by atoms with Gasteiger partial charge in [-0.3, -0.25) is 4.98 Å². The lowest BCUT2D eigenvalue weighted by atomic mass is 10.6. The van der Waals surface area contributed by atoms with Gasteiger partial charge in [-0.25, -0.2) is 9.50 Å². The van der Waals surface area contributed by atoms with E-state index in [0.717, 1.165) is 5.65 Å². The Bertz CT molecular complexity index is 333. The number of hydrogen-bond donors (Lipinski definition) is 1. The van der Waals surface area contributed by atoms with Gasteiger partial charge in [0.2, 0.25) is 0 Å². The second kappa shape index (κ2) is 2.28. The predicted molar refractivity (Wildman–Crippen MR) is 38.7 cm³/mol. The Morgan fingerprint density at radius 1 is 1.55 bits per heavy atom. The van der Waals surface area contributed by atoms with Crippen LogP contribution in [0.2, 0.25) is 0 Å². The van der Waals surface area contributed by atoms with E-state index >= 15 is 0 Å². The molecule has 0 aliphatic rings. The molecular formula is C6H7N5. The number of hydrogen-bond acceptors (Lipinski definition) is 4. The highest BCUT2D eigenvalue weighted by Gasteiger charge is 1.98. The first-order chi connectivity index (χ1) is 5.40. The van der Waals surface area contributed by atoms with Crippen molar-refractivity contribution in [3.8, 4) is 0 Å². The Labute approximate surface area is 62.9 Å². The summed E-state index contributed by atoms with van der Waals surface area (Å²) in [7, 11) is 0. The maximum absolute atomic E-state index is 5.35. The molecule has 0 radical (unpaired) electrons. The Hall–Kier alpha value is -1.49. The summed E-state index contributed by atoms with van der Waals surface area (Å²) in [4.78, 5) is 7.99. The van der Waals surface area contributed by atoms with Crippen molar-refractivity contribution in [2.75, 3.05) is 0 Å². The standard InChI is InChI=1S/C6H7N5/c7-3-5-9-6-4-8-1-2-11(6)10-5/h1-2,4H,3,7H2. The van der Waals surface area contributed by atoms with Gasteiger partial charge in [0.05, 0.1) is 12.7 Å². The van der Waals surface area contributed by atoms with Gasteiger partial charge in [0.15, 0.2) is 11.5 Å². The van der Waals surface area contributed by atoms with Crippen molar-refractivity contribution in [3.05, 3.63) is 24.4 Å². The van der Waals surface area contributed by atoms with Crippen molar-refractivity contribution < 1.29 is 0 Å². The molecule has 0 bridgehead atoms. The van der Waals surface area contributed by atoms with Crippen LogP contribution in [0, 0.1) is 0 Å². The van der Waals surface area contributed by atoms with E-state index in [-0.39, 0.29) is 0 Å². The zero-order valence-electron chi connectivity index (χ0n) is 5.81. The normalized spacial score (nSPS) is 10.6. The SMILES string of the molecule is NCc1nc2cnccn2n1. The maximum Gasteiger partial charge on any atom is 0.173 e. The van der Waals surface area contributed by atoms with Crippen molar-refractivity contribution in [1.82, 2.24) is 19.6 Å². The number of fused-ring (bicyclic) bond motifs is 1. The summed E-state index contributed by atoms with van der Waals surface area (Å²) in [6.07, 6.45) is 5.04. The van der Waals surface area contributed by atoms with Crippen molar-refractivity contribution in [2.45, 2.75) is 6.54 Å². The summed E-state index contributed by atoms with van der Waals surface area (Å²) >= 11 is 0. The first kappa shape index (κ1) is 6.23. The summed E-state index contributed by atoms with van der Waals surface area (Å²) in [5.74, 6) is 0.637. The summed E-state index contributed by atoms with van der Waals surface area (Å²) in [6, 6.07) is 0.